The Hall–Kier alpha value is -2.75. The summed E-state index contributed by atoms with van der Waals surface area (Å²) in [5, 5.41) is 0.250. The molecule has 2 fully saturated rings. The minimum absolute atomic E-state index is 0.0778. The number of ether oxygens (including phenoxy) is 1. The molecule has 9 heteroatoms. The van der Waals surface area contributed by atoms with Gasteiger partial charge >= 0.3 is 0 Å². The Bertz CT molecular complexity index is 1280. The van der Waals surface area contributed by atoms with E-state index in [9.17, 15) is 13.2 Å². The fourth-order valence-electron chi connectivity index (χ4n) is 5.00. The summed E-state index contributed by atoms with van der Waals surface area (Å²) in [5.41, 5.74) is 2.63. The zero-order valence-electron chi connectivity index (χ0n) is 20.5. The number of carbonyl (C=O) groups excluding carboxylic acids is 1. The van der Waals surface area contributed by atoms with Gasteiger partial charge in [0.1, 0.15) is 0 Å². The van der Waals surface area contributed by atoms with Crippen molar-refractivity contribution in [3.63, 3.8) is 0 Å². The van der Waals surface area contributed by atoms with Crippen LogP contribution >= 0.6 is 11.6 Å². The van der Waals surface area contributed by atoms with Crippen molar-refractivity contribution in [2.45, 2.75) is 10.9 Å². The van der Waals surface area contributed by atoms with Crippen molar-refractivity contribution in [3.05, 3.63) is 101 Å². The Kier molecular flexibility index (Phi) is 7.92. The first-order valence-corrected chi connectivity index (χ1v) is 14.3. The SMILES string of the molecule is O=C(c1cc(S(=O)(=O)N2CCOCC2)ccc1Cl)N1CCN(C(c2ccccc2)c2ccccc2)CC1. The second-order valence-corrected chi connectivity index (χ2v) is 11.6. The number of carbonyl (C=O) groups is 1. The lowest BCUT2D eigenvalue weighted by molar-refractivity contribution is 0.0597. The van der Waals surface area contributed by atoms with Crippen LogP contribution in [0.3, 0.4) is 0 Å². The van der Waals surface area contributed by atoms with Crippen LogP contribution in [-0.2, 0) is 14.8 Å². The van der Waals surface area contributed by atoms with Crippen LogP contribution in [0, 0.1) is 0 Å². The Labute approximate surface area is 223 Å². The molecule has 0 saturated carbocycles. The van der Waals surface area contributed by atoms with Crippen LogP contribution < -0.4 is 0 Å². The van der Waals surface area contributed by atoms with Gasteiger partial charge in [0.25, 0.3) is 5.91 Å². The minimum Gasteiger partial charge on any atom is -0.379 e. The summed E-state index contributed by atoms with van der Waals surface area (Å²) in [7, 11) is -3.73. The standard InChI is InChI=1S/C28H30ClN3O4S/c29-26-12-11-24(37(34,35)32-17-19-36-20-18-32)21-25(26)28(33)31-15-13-30(14-16-31)27(22-7-3-1-4-8-22)23-9-5-2-6-10-23/h1-12,21,27H,13-20H2. The van der Waals surface area contributed by atoms with E-state index in [1.54, 1.807) is 4.90 Å². The summed E-state index contributed by atoms with van der Waals surface area (Å²) in [4.78, 5) is 17.7. The van der Waals surface area contributed by atoms with Crippen LogP contribution in [-0.4, -0.2) is 80.9 Å². The van der Waals surface area contributed by atoms with Crippen LogP contribution in [0.4, 0.5) is 0 Å². The van der Waals surface area contributed by atoms with E-state index in [1.165, 1.54) is 33.6 Å². The molecule has 2 saturated heterocycles. The summed E-state index contributed by atoms with van der Waals surface area (Å²) in [6.07, 6.45) is 0. The van der Waals surface area contributed by atoms with Gasteiger partial charge in [-0.25, -0.2) is 8.42 Å². The highest BCUT2D eigenvalue weighted by atomic mass is 35.5. The van der Waals surface area contributed by atoms with Crippen molar-refractivity contribution in [2.75, 3.05) is 52.5 Å². The molecule has 0 bridgehead atoms. The first-order chi connectivity index (χ1) is 17.9. The number of rotatable bonds is 6. The second-order valence-electron chi connectivity index (χ2n) is 9.21. The number of morpholine rings is 1. The number of halogens is 1. The van der Waals surface area contributed by atoms with Crippen LogP contribution in [0.1, 0.15) is 27.5 Å². The van der Waals surface area contributed by atoms with E-state index >= 15 is 0 Å². The maximum absolute atomic E-state index is 13.5. The van der Waals surface area contributed by atoms with Gasteiger partial charge in [-0.15, -0.1) is 0 Å². The Morgan fingerprint density at radius 3 is 1.92 bits per heavy atom. The minimum atomic E-state index is -3.73. The van der Waals surface area contributed by atoms with Gasteiger partial charge in [0.05, 0.1) is 34.7 Å². The third-order valence-electron chi connectivity index (χ3n) is 6.97. The fraction of sp³-hybridized carbons (Fsp3) is 0.321. The molecule has 0 unspecified atom stereocenters. The van der Waals surface area contributed by atoms with E-state index in [4.69, 9.17) is 16.3 Å². The largest absolute Gasteiger partial charge is 0.379 e. The lowest BCUT2D eigenvalue weighted by atomic mass is 9.96. The van der Waals surface area contributed by atoms with Crippen LogP contribution in [0.2, 0.25) is 5.02 Å². The molecule has 0 atom stereocenters. The van der Waals surface area contributed by atoms with Crippen LogP contribution in [0.5, 0.6) is 0 Å². The number of sulfonamides is 1. The molecule has 3 aromatic rings. The third kappa shape index (κ3) is 5.58. The molecule has 194 valence electrons. The number of hydrogen-bond acceptors (Lipinski definition) is 5. The monoisotopic (exact) mass is 539 g/mol. The lowest BCUT2D eigenvalue weighted by Crippen LogP contribution is -2.50. The quantitative estimate of drug-likeness (QED) is 0.475. The maximum Gasteiger partial charge on any atom is 0.255 e. The lowest BCUT2D eigenvalue weighted by Gasteiger charge is -2.40. The van der Waals surface area contributed by atoms with Gasteiger partial charge in [-0.3, -0.25) is 9.69 Å². The molecule has 37 heavy (non-hydrogen) atoms. The second kappa shape index (κ2) is 11.3. The molecule has 5 rings (SSSR count). The van der Waals surface area contributed by atoms with Crippen LogP contribution in [0.25, 0.3) is 0 Å². The predicted molar refractivity (Wildman–Crippen MR) is 143 cm³/mol. The molecule has 0 spiro atoms. The van der Waals surface area contributed by atoms with Gasteiger partial charge in [0.2, 0.25) is 10.0 Å². The highest BCUT2D eigenvalue weighted by molar-refractivity contribution is 7.89. The van der Waals surface area contributed by atoms with E-state index in [0.717, 1.165) is 0 Å². The molecule has 0 aliphatic carbocycles. The predicted octanol–water partition coefficient (Wildman–Crippen LogP) is 3.91. The Balaban J connectivity index is 1.33. The van der Waals surface area contributed by atoms with Crippen molar-refractivity contribution in [3.8, 4) is 0 Å². The number of piperazine rings is 1. The highest BCUT2D eigenvalue weighted by Gasteiger charge is 2.31. The molecule has 1 amide bonds. The number of benzene rings is 3. The molecule has 7 nitrogen and oxygen atoms in total. The van der Waals surface area contributed by atoms with Gasteiger partial charge in [-0.2, -0.15) is 4.31 Å². The van der Waals surface area contributed by atoms with Crippen molar-refractivity contribution >= 4 is 27.5 Å². The van der Waals surface area contributed by atoms with Gasteiger partial charge in [0, 0.05) is 39.3 Å². The first kappa shape index (κ1) is 25.9. The molecule has 2 aliphatic heterocycles. The Morgan fingerprint density at radius 1 is 0.784 bits per heavy atom. The van der Waals surface area contributed by atoms with E-state index in [2.05, 4.69) is 29.2 Å². The molecular formula is C28H30ClN3O4S. The van der Waals surface area contributed by atoms with Crippen molar-refractivity contribution < 1.29 is 17.9 Å². The van der Waals surface area contributed by atoms with E-state index in [-0.39, 0.29) is 27.4 Å². The number of amides is 1. The topological polar surface area (TPSA) is 70.2 Å². The summed E-state index contributed by atoms with van der Waals surface area (Å²) < 4.78 is 32.9. The van der Waals surface area contributed by atoms with E-state index in [0.29, 0.717) is 52.5 Å². The molecule has 3 aromatic carbocycles. The van der Waals surface area contributed by atoms with Crippen LogP contribution in [0.15, 0.2) is 83.8 Å². The van der Waals surface area contributed by atoms with Gasteiger partial charge < -0.3 is 9.64 Å². The zero-order valence-corrected chi connectivity index (χ0v) is 22.1. The van der Waals surface area contributed by atoms with Crippen molar-refractivity contribution in [2.24, 2.45) is 0 Å². The summed E-state index contributed by atoms with van der Waals surface area (Å²) in [6, 6.07) is 25.2. The average molecular weight is 540 g/mol. The normalized spacial score (nSPS) is 17.7. The maximum atomic E-state index is 13.5. The molecule has 2 heterocycles. The van der Waals surface area contributed by atoms with Crippen molar-refractivity contribution in [1.82, 2.24) is 14.1 Å². The molecule has 2 aliphatic rings. The van der Waals surface area contributed by atoms with Crippen molar-refractivity contribution in [1.29, 1.82) is 0 Å². The first-order valence-electron chi connectivity index (χ1n) is 12.5. The number of hydrogen-bond donors (Lipinski definition) is 0. The summed E-state index contributed by atoms with van der Waals surface area (Å²) >= 11 is 6.40. The zero-order chi connectivity index (χ0) is 25.8. The van der Waals surface area contributed by atoms with E-state index < -0.39 is 10.0 Å². The highest BCUT2D eigenvalue weighted by Crippen LogP contribution is 2.30. The fourth-order valence-corrected chi connectivity index (χ4v) is 6.64. The molecule has 0 aromatic heterocycles. The molecule has 0 radical (unpaired) electrons. The van der Waals surface area contributed by atoms with E-state index in [1.807, 2.05) is 36.4 Å². The average Bonchev–Trinajstić information content (AvgIpc) is 2.95. The third-order valence-corrected chi connectivity index (χ3v) is 9.20. The summed E-state index contributed by atoms with van der Waals surface area (Å²) in [6.45, 7) is 3.71. The summed E-state index contributed by atoms with van der Waals surface area (Å²) in [5.74, 6) is -0.250. The van der Waals surface area contributed by atoms with Gasteiger partial charge in [0.15, 0.2) is 0 Å². The van der Waals surface area contributed by atoms with Gasteiger partial charge in [-0.1, -0.05) is 72.3 Å². The van der Waals surface area contributed by atoms with Gasteiger partial charge in [-0.05, 0) is 29.3 Å². The number of nitrogens with zero attached hydrogens (tertiary/aromatic N) is 3. The Morgan fingerprint density at radius 2 is 1.35 bits per heavy atom. The molecular weight excluding hydrogens is 510 g/mol. The smallest absolute Gasteiger partial charge is 0.255 e. The molecule has 0 N–H and O–H groups in total.